The third kappa shape index (κ3) is 6.43. The topological polar surface area (TPSA) is 96.4 Å². The number of rotatable bonds is 15. The van der Waals surface area contributed by atoms with Gasteiger partial charge in [0, 0.05) is 25.2 Å². The largest absolute Gasteiger partial charge is 0.465 e. The molecule has 2 amide bonds. The third-order valence-electron chi connectivity index (χ3n) is 8.43. The number of aliphatic hydroxyl groups excluding tert-OH is 1. The highest BCUT2D eigenvalue weighted by molar-refractivity contribution is 5.98. The molecule has 1 spiro atoms. The molecule has 8 nitrogen and oxygen atoms in total. The summed E-state index contributed by atoms with van der Waals surface area (Å²) in [5, 5.41) is 9.39. The normalized spacial score (nSPS) is 27.9. The first-order valence-electron chi connectivity index (χ1n) is 14.6. The molecule has 3 saturated heterocycles. The van der Waals surface area contributed by atoms with Crippen LogP contribution in [0.2, 0.25) is 0 Å². The molecule has 2 unspecified atom stereocenters. The van der Waals surface area contributed by atoms with E-state index in [4.69, 9.17) is 9.47 Å². The van der Waals surface area contributed by atoms with E-state index in [1.807, 2.05) is 11.0 Å². The van der Waals surface area contributed by atoms with Gasteiger partial charge < -0.3 is 24.4 Å². The van der Waals surface area contributed by atoms with Crippen molar-refractivity contribution in [2.24, 2.45) is 17.3 Å². The van der Waals surface area contributed by atoms with Crippen LogP contribution in [-0.2, 0) is 23.9 Å². The smallest absolute Gasteiger partial charge is 0.312 e. The second-order valence-electron chi connectivity index (χ2n) is 13.3. The van der Waals surface area contributed by atoms with Crippen molar-refractivity contribution in [3.63, 3.8) is 0 Å². The summed E-state index contributed by atoms with van der Waals surface area (Å²) in [6.07, 6.45) is 8.61. The van der Waals surface area contributed by atoms with Crippen molar-refractivity contribution in [1.29, 1.82) is 0 Å². The molecule has 0 aromatic heterocycles. The van der Waals surface area contributed by atoms with Crippen LogP contribution in [0.3, 0.4) is 0 Å². The molecule has 3 aliphatic rings. The van der Waals surface area contributed by atoms with Crippen molar-refractivity contribution >= 4 is 17.8 Å². The van der Waals surface area contributed by atoms with E-state index in [-0.39, 0.29) is 23.8 Å². The lowest BCUT2D eigenvalue weighted by atomic mass is 9.70. The maximum Gasteiger partial charge on any atom is 0.312 e. The number of fused-ring (bicyclic) bond motifs is 1. The highest BCUT2D eigenvalue weighted by atomic mass is 16.6. The monoisotopic (exact) mass is 546 g/mol. The van der Waals surface area contributed by atoms with Crippen LogP contribution in [0.15, 0.2) is 25.3 Å². The van der Waals surface area contributed by atoms with Crippen molar-refractivity contribution < 1.29 is 29.0 Å². The lowest BCUT2D eigenvalue weighted by Gasteiger charge is -2.45. The molecule has 1 N–H and O–H groups in total. The Morgan fingerprint density at radius 3 is 2.49 bits per heavy atom. The lowest BCUT2D eigenvalue weighted by Crippen LogP contribution is -2.61. The Hall–Kier alpha value is -2.19. The molecule has 2 bridgehead atoms. The van der Waals surface area contributed by atoms with Crippen molar-refractivity contribution in [3.05, 3.63) is 25.3 Å². The molecule has 220 valence electrons. The number of hydrogen-bond donors (Lipinski definition) is 1. The number of esters is 1. The minimum atomic E-state index is -1.05. The Morgan fingerprint density at radius 2 is 1.87 bits per heavy atom. The van der Waals surface area contributed by atoms with Gasteiger partial charge in [0.2, 0.25) is 11.8 Å². The maximum absolute atomic E-state index is 14.6. The zero-order valence-electron chi connectivity index (χ0n) is 24.7. The van der Waals surface area contributed by atoms with Gasteiger partial charge >= 0.3 is 5.97 Å². The number of aliphatic hydroxyl groups is 1. The second kappa shape index (κ2) is 12.5. The van der Waals surface area contributed by atoms with Crippen molar-refractivity contribution in [3.8, 4) is 0 Å². The van der Waals surface area contributed by atoms with Crippen LogP contribution in [0.1, 0.15) is 86.0 Å². The molecular weight excluding hydrogens is 496 g/mol. The summed E-state index contributed by atoms with van der Waals surface area (Å²) in [6, 6.07) is -0.830. The second-order valence-corrected chi connectivity index (χ2v) is 13.3. The van der Waals surface area contributed by atoms with Gasteiger partial charge in [-0.2, -0.15) is 0 Å². The van der Waals surface area contributed by atoms with E-state index < -0.39 is 41.1 Å². The molecule has 8 heteroatoms. The molecule has 3 rings (SSSR count). The van der Waals surface area contributed by atoms with Gasteiger partial charge in [0.1, 0.15) is 11.6 Å². The standard InChI is InChI=1S/C31H50N2O6/c1-8-10-11-14-20-38-28(37)23-22-15-16-31(39-22)24(23)26(35)32(18-12-13-19-34)25(31)27(36)33(17-9-2)30(6,7)21-29(3,4)5/h8-9,22-25,34H,1-2,10-21H2,3-7H3/t22-,23+,24-,25?,31?/m0/s1. The zero-order valence-corrected chi connectivity index (χ0v) is 24.7. The van der Waals surface area contributed by atoms with Gasteiger partial charge in [-0.25, -0.2) is 0 Å². The number of nitrogens with zero attached hydrogens (tertiary/aromatic N) is 2. The Bertz CT molecular complexity index is 925. The summed E-state index contributed by atoms with van der Waals surface area (Å²) in [5.41, 5.74) is -1.58. The molecule has 0 radical (unpaired) electrons. The number of carbonyl (C=O) groups excluding carboxylic acids is 3. The number of unbranched alkanes of at least 4 members (excludes halogenated alkanes) is 3. The Balaban J connectivity index is 1.94. The minimum Gasteiger partial charge on any atom is -0.465 e. The van der Waals surface area contributed by atoms with E-state index in [1.165, 1.54) is 0 Å². The molecule has 3 aliphatic heterocycles. The number of allylic oxidation sites excluding steroid dienone is 1. The van der Waals surface area contributed by atoms with Crippen LogP contribution in [-0.4, -0.2) is 82.3 Å². The summed E-state index contributed by atoms with van der Waals surface area (Å²) in [7, 11) is 0. The van der Waals surface area contributed by atoms with Crippen LogP contribution < -0.4 is 0 Å². The van der Waals surface area contributed by atoms with Crippen LogP contribution >= 0.6 is 0 Å². The van der Waals surface area contributed by atoms with Crippen LogP contribution in [0.4, 0.5) is 0 Å². The quantitative estimate of drug-likeness (QED) is 0.187. The highest BCUT2D eigenvalue weighted by Crippen LogP contribution is 2.59. The van der Waals surface area contributed by atoms with Crippen molar-refractivity contribution in [1.82, 2.24) is 9.80 Å². The first-order chi connectivity index (χ1) is 18.3. The molecule has 0 saturated carbocycles. The summed E-state index contributed by atoms with van der Waals surface area (Å²) in [6.45, 7) is 19.2. The van der Waals surface area contributed by atoms with Gasteiger partial charge in [0.15, 0.2) is 0 Å². The van der Waals surface area contributed by atoms with Gasteiger partial charge in [-0.3, -0.25) is 14.4 Å². The first kappa shape index (κ1) is 31.3. The van der Waals surface area contributed by atoms with Crippen molar-refractivity contribution in [2.75, 3.05) is 26.3 Å². The summed E-state index contributed by atoms with van der Waals surface area (Å²) >= 11 is 0. The molecule has 39 heavy (non-hydrogen) atoms. The molecule has 3 fully saturated rings. The van der Waals surface area contributed by atoms with Gasteiger partial charge in [0.05, 0.1) is 24.5 Å². The predicted molar refractivity (Wildman–Crippen MR) is 151 cm³/mol. The van der Waals surface area contributed by atoms with E-state index in [2.05, 4.69) is 47.8 Å². The van der Waals surface area contributed by atoms with Gasteiger partial charge in [-0.15, -0.1) is 13.2 Å². The van der Waals surface area contributed by atoms with Crippen LogP contribution in [0, 0.1) is 17.3 Å². The van der Waals surface area contributed by atoms with Gasteiger partial charge in [-0.1, -0.05) is 32.9 Å². The SMILES string of the molecule is C=CCCCCOC(=O)[C@@H]1[C@@H]2CCC3(O2)C(C(=O)N(CC=C)C(C)(C)CC(C)(C)C)N(CCCCO)C(=O)[C@H]13. The van der Waals surface area contributed by atoms with E-state index in [0.29, 0.717) is 45.4 Å². The summed E-state index contributed by atoms with van der Waals surface area (Å²) in [4.78, 5) is 45.4. The van der Waals surface area contributed by atoms with E-state index >= 15 is 0 Å². The van der Waals surface area contributed by atoms with Crippen LogP contribution in [0.25, 0.3) is 0 Å². The summed E-state index contributed by atoms with van der Waals surface area (Å²) in [5.74, 6) is -2.23. The average Bonchev–Trinajstić information content (AvgIpc) is 3.48. The van der Waals surface area contributed by atoms with E-state index in [0.717, 1.165) is 25.7 Å². The van der Waals surface area contributed by atoms with Crippen LogP contribution in [0.5, 0.6) is 0 Å². The van der Waals surface area contributed by atoms with E-state index in [9.17, 15) is 19.5 Å². The average molecular weight is 547 g/mol. The van der Waals surface area contributed by atoms with Gasteiger partial charge in [0.25, 0.3) is 0 Å². The van der Waals surface area contributed by atoms with E-state index in [1.54, 1.807) is 11.0 Å². The molecule has 0 aromatic carbocycles. The van der Waals surface area contributed by atoms with Crippen molar-refractivity contribution in [2.45, 2.75) is 109 Å². The Morgan fingerprint density at radius 1 is 1.15 bits per heavy atom. The number of hydrogen-bond acceptors (Lipinski definition) is 6. The molecule has 3 heterocycles. The fourth-order valence-corrected chi connectivity index (χ4v) is 7.30. The Kier molecular flexibility index (Phi) is 10.1. The number of amides is 2. The fraction of sp³-hybridized carbons (Fsp3) is 0.774. The predicted octanol–water partition coefficient (Wildman–Crippen LogP) is 4.26. The number of carbonyl (C=O) groups is 3. The number of ether oxygens (including phenoxy) is 2. The highest BCUT2D eigenvalue weighted by Gasteiger charge is 2.75. The maximum atomic E-state index is 14.6. The zero-order chi connectivity index (χ0) is 29.0. The fourth-order valence-electron chi connectivity index (χ4n) is 7.30. The molecule has 0 aromatic rings. The third-order valence-corrected chi connectivity index (χ3v) is 8.43. The van der Waals surface area contributed by atoms with Gasteiger partial charge in [-0.05, 0) is 70.6 Å². The molecular formula is C31H50N2O6. The molecule has 0 aliphatic carbocycles. The minimum absolute atomic E-state index is 0.00972. The first-order valence-corrected chi connectivity index (χ1v) is 14.6. The lowest BCUT2D eigenvalue weighted by molar-refractivity contribution is -0.156. The molecule has 5 atom stereocenters. The summed E-state index contributed by atoms with van der Waals surface area (Å²) < 4.78 is 12.2. The Labute approximate surface area is 234 Å². The number of likely N-dealkylation sites (tertiary alicyclic amines) is 1.